The smallest absolute Gasteiger partial charge is 0.255 e. The van der Waals surface area contributed by atoms with E-state index in [1.807, 2.05) is 0 Å². The van der Waals surface area contributed by atoms with Gasteiger partial charge in [-0.05, 0) is 28.1 Å². The lowest BCUT2D eigenvalue weighted by molar-refractivity contribution is 0.0684. The molecule has 0 radical (unpaired) electrons. The predicted molar refractivity (Wildman–Crippen MR) is 68.6 cm³/mol. The fourth-order valence-electron chi connectivity index (χ4n) is 1.46. The summed E-state index contributed by atoms with van der Waals surface area (Å²) in [5.74, 6) is -1.05. The number of anilines is 1. The van der Waals surface area contributed by atoms with Crippen LogP contribution in [0.3, 0.4) is 0 Å². The van der Waals surface area contributed by atoms with Crippen molar-refractivity contribution in [2.75, 3.05) is 32.0 Å². The number of hydrogen-bond acceptors (Lipinski definition) is 4. The van der Waals surface area contributed by atoms with Crippen LogP contribution in [0.15, 0.2) is 16.6 Å². The molecule has 0 fully saturated rings. The largest absolute Gasteiger partial charge is 0.396 e. The Labute approximate surface area is 112 Å². The standard InChI is InChI=1S/C11H14BrFN2O3/c12-8-6-9(13)10(14)5-7(8)11(18)15(1-3-16)2-4-17/h5-6,16-17H,1-4,14H2. The molecular formula is C11H14BrFN2O3. The Hall–Kier alpha value is -1.18. The number of carbonyl (C=O) groups excluding carboxylic acids is 1. The van der Waals surface area contributed by atoms with E-state index < -0.39 is 11.7 Å². The second-order valence-electron chi connectivity index (χ2n) is 3.59. The molecule has 0 bridgehead atoms. The van der Waals surface area contributed by atoms with Crippen molar-refractivity contribution in [3.05, 3.63) is 28.0 Å². The fourth-order valence-corrected chi connectivity index (χ4v) is 1.94. The van der Waals surface area contributed by atoms with E-state index in [0.717, 1.165) is 6.07 Å². The van der Waals surface area contributed by atoms with Crippen LogP contribution in [-0.4, -0.2) is 47.3 Å². The van der Waals surface area contributed by atoms with Gasteiger partial charge in [0.05, 0.1) is 24.5 Å². The van der Waals surface area contributed by atoms with Crippen molar-refractivity contribution in [1.82, 2.24) is 4.90 Å². The van der Waals surface area contributed by atoms with Crippen molar-refractivity contribution >= 4 is 27.5 Å². The van der Waals surface area contributed by atoms with Gasteiger partial charge in [0.25, 0.3) is 5.91 Å². The van der Waals surface area contributed by atoms with Gasteiger partial charge in [-0.2, -0.15) is 0 Å². The van der Waals surface area contributed by atoms with E-state index in [4.69, 9.17) is 15.9 Å². The topological polar surface area (TPSA) is 86.8 Å². The van der Waals surface area contributed by atoms with Crippen molar-refractivity contribution in [3.63, 3.8) is 0 Å². The first-order valence-corrected chi connectivity index (χ1v) is 6.06. The molecule has 0 aliphatic rings. The number of halogens is 2. The van der Waals surface area contributed by atoms with E-state index in [1.165, 1.54) is 11.0 Å². The third-order valence-corrected chi connectivity index (χ3v) is 3.00. The lowest BCUT2D eigenvalue weighted by Gasteiger charge is -2.21. The van der Waals surface area contributed by atoms with Crippen LogP contribution in [0.4, 0.5) is 10.1 Å². The first-order valence-electron chi connectivity index (χ1n) is 5.26. The molecule has 0 spiro atoms. The highest BCUT2D eigenvalue weighted by Gasteiger charge is 2.19. The Morgan fingerprint density at radius 1 is 1.33 bits per heavy atom. The highest BCUT2D eigenvalue weighted by atomic mass is 79.9. The van der Waals surface area contributed by atoms with Crippen LogP contribution in [0.5, 0.6) is 0 Å². The van der Waals surface area contributed by atoms with Gasteiger partial charge in [-0.3, -0.25) is 4.79 Å². The van der Waals surface area contributed by atoms with Crippen molar-refractivity contribution in [1.29, 1.82) is 0 Å². The van der Waals surface area contributed by atoms with Crippen LogP contribution in [0.25, 0.3) is 0 Å². The summed E-state index contributed by atoms with van der Waals surface area (Å²) >= 11 is 3.08. The minimum Gasteiger partial charge on any atom is -0.396 e. The third kappa shape index (κ3) is 3.41. The van der Waals surface area contributed by atoms with Crippen molar-refractivity contribution < 1.29 is 19.4 Å². The van der Waals surface area contributed by atoms with Crippen molar-refractivity contribution in [2.24, 2.45) is 0 Å². The molecule has 4 N–H and O–H groups in total. The molecule has 1 amide bonds. The summed E-state index contributed by atoms with van der Waals surface area (Å²) in [4.78, 5) is 13.4. The van der Waals surface area contributed by atoms with Crippen molar-refractivity contribution in [3.8, 4) is 0 Å². The van der Waals surface area contributed by atoms with E-state index in [2.05, 4.69) is 15.9 Å². The summed E-state index contributed by atoms with van der Waals surface area (Å²) in [6.45, 7) is -0.272. The van der Waals surface area contributed by atoms with Crippen LogP contribution in [0.1, 0.15) is 10.4 Å². The minimum absolute atomic E-state index is 0.0864. The molecule has 0 aliphatic carbocycles. The van der Waals surface area contributed by atoms with E-state index in [9.17, 15) is 9.18 Å². The minimum atomic E-state index is -0.616. The normalized spacial score (nSPS) is 10.4. The van der Waals surface area contributed by atoms with Gasteiger partial charge in [0, 0.05) is 17.6 Å². The summed E-state index contributed by atoms with van der Waals surface area (Å²) in [7, 11) is 0. The number of nitrogens with two attached hydrogens (primary N) is 1. The van der Waals surface area contributed by atoms with Gasteiger partial charge in [0.2, 0.25) is 0 Å². The van der Waals surface area contributed by atoms with Gasteiger partial charge < -0.3 is 20.8 Å². The summed E-state index contributed by atoms with van der Waals surface area (Å²) in [5.41, 5.74) is 5.47. The predicted octanol–water partition coefficient (Wildman–Crippen LogP) is 0.597. The monoisotopic (exact) mass is 320 g/mol. The number of aliphatic hydroxyl groups excluding tert-OH is 2. The van der Waals surface area contributed by atoms with E-state index in [1.54, 1.807) is 0 Å². The number of hydrogen-bond donors (Lipinski definition) is 3. The number of benzene rings is 1. The lowest BCUT2D eigenvalue weighted by Crippen LogP contribution is -2.36. The number of nitrogens with zero attached hydrogens (tertiary/aromatic N) is 1. The number of aliphatic hydroxyl groups is 2. The summed E-state index contributed by atoms with van der Waals surface area (Å²) in [5, 5.41) is 17.7. The van der Waals surface area contributed by atoms with Gasteiger partial charge in [-0.15, -0.1) is 0 Å². The zero-order chi connectivity index (χ0) is 13.7. The quantitative estimate of drug-likeness (QED) is 0.693. The van der Waals surface area contributed by atoms with Gasteiger partial charge in [0.1, 0.15) is 5.82 Å². The Morgan fingerprint density at radius 3 is 2.39 bits per heavy atom. The molecule has 7 heteroatoms. The highest BCUT2D eigenvalue weighted by molar-refractivity contribution is 9.10. The van der Waals surface area contributed by atoms with Crippen LogP contribution in [-0.2, 0) is 0 Å². The summed E-state index contributed by atoms with van der Waals surface area (Å²) < 4.78 is 13.4. The molecule has 0 heterocycles. The molecule has 1 rings (SSSR count). The number of nitrogen functional groups attached to an aromatic ring is 1. The highest BCUT2D eigenvalue weighted by Crippen LogP contribution is 2.24. The maximum absolute atomic E-state index is 13.2. The molecule has 18 heavy (non-hydrogen) atoms. The zero-order valence-corrected chi connectivity index (χ0v) is 11.2. The second kappa shape index (κ2) is 6.67. The molecule has 0 unspecified atom stereocenters. The van der Waals surface area contributed by atoms with Crippen LogP contribution in [0.2, 0.25) is 0 Å². The van der Waals surface area contributed by atoms with Gasteiger partial charge in [-0.25, -0.2) is 4.39 Å². The number of amides is 1. The summed E-state index contributed by atoms with van der Waals surface area (Å²) in [6.07, 6.45) is 0. The van der Waals surface area contributed by atoms with Gasteiger partial charge in [-0.1, -0.05) is 0 Å². The number of carbonyl (C=O) groups is 1. The average molecular weight is 321 g/mol. The molecule has 0 aliphatic heterocycles. The lowest BCUT2D eigenvalue weighted by atomic mass is 10.1. The molecule has 5 nitrogen and oxygen atoms in total. The Morgan fingerprint density at radius 2 is 1.89 bits per heavy atom. The third-order valence-electron chi connectivity index (χ3n) is 2.34. The van der Waals surface area contributed by atoms with E-state index in [0.29, 0.717) is 0 Å². The van der Waals surface area contributed by atoms with Crippen LogP contribution in [0, 0.1) is 5.82 Å². The van der Waals surface area contributed by atoms with Crippen molar-refractivity contribution in [2.45, 2.75) is 0 Å². The maximum atomic E-state index is 13.2. The Kier molecular flexibility index (Phi) is 5.52. The van der Waals surface area contributed by atoms with Gasteiger partial charge in [0.15, 0.2) is 0 Å². The first-order chi connectivity index (χ1) is 8.51. The number of rotatable bonds is 5. The Balaban J connectivity index is 3.04. The first kappa shape index (κ1) is 14.9. The molecular weight excluding hydrogens is 307 g/mol. The maximum Gasteiger partial charge on any atom is 0.255 e. The molecule has 0 atom stereocenters. The Bertz CT molecular complexity index is 437. The summed E-state index contributed by atoms with van der Waals surface area (Å²) in [6, 6.07) is 2.34. The molecule has 1 aromatic carbocycles. The van der Waals surface area contributed by atoms with E-state index in [-0.39, 0.29) is 42.0 Å². The van der Waals surface area contributed by atoms with Crippen LogP contribution < -0.4 is 5.73 Å². The molecule has 1 aromatic rings. The van der Waals surface area contributed by atoms with Gasteiger partial charge >= 0.3 is 0 Å². The molecule has 0 saturated carbocycles. The second-order valence-corrected chi connectivity index (χ2v) is 4.45. The molecule has 0 aromatic heterocycles. The molecule has 0 saturated heterocycles. The molecule has 100 valence electrons. The van der Waals surface area contributed by atoms with E-state index >= 15 is 0 Å². The SMILES string of the molecule is Nc1cc(C(=O)N(CCO)CCO)c(Br)cc1F. The average Bonchev–Trinajstić information content (AvgIpc) is 2.33. The van der Waals surface area contributed by atoms with Crippen LogP contribution >= 0.6 is 15.9 Å². The zero-order valence-electron chi connectivity index (χ0n) is 9.57. The fraction of sp³-hybridized carbons (Fsp3) is 0.364.